The van der Waals surface area contributed by atoms with Gasteiger partial charge in [-0.1, -0.05) is 23.2 Å². The molecule has 0 saturated carbocycles. The fourth-order valence-corrected chi connectivity index (χ4v) is 3.32. The number of hydrogen-bond acceptors (Lipinski definition) is 1. The van der Waals surface area contributed by atoms with Crippen LogP contribution < -0.4 is 0 Å². The Morgan fingerprint density at radius 2 is 1.78 bits per heavy atom. The molecule has 0 aliphatic rings. The van der Waals surface area contributed by atoms with Crippen LogP contribution in [-0.2, 0) is 0 Å². The lowest BCUT2D eigenvalue weighted by Crippen LogP contribution is -1.53. The zero-order valence-corrected chi connectivity index (χ0v) is 9.42. The van der Waals surface area contributed by atoms with Crippen LogP contribution in [0.2, 0.25) is 9.36 Å². The Hall–Kier alpha value is 1.24. The molecule has 0 spiro atoms. The molecular weight excluding hydrogens is 311 g/mol. The van der Waals surface area contributed by atoms with Crippen LogP contribution >= 0.6 is 66.4 Å². The molecule has 1 heterocycles. The van der Waals surface area contributed by atoms with Gasteiger partial charge in [0.05, 0.1) is 13.3 Å². The topological polar surface area (TPSA) is 0 Å². The second-order valence-electron chi connectivity index (χ2n) is 1.28. The van der Waals surface area contributed by atoms with Crippen molar-refractivity contribution in [3.63, 3.8) is 0 Å². The quantitative estimate of drug-likeness (QED) is 0.658. The van der Waals surface area contributed by atoms with Crippen molar-refractivity contribution in [1.29, 1.82) is 0 Å². The molecule has 5 heteroatoms. The molecule has 1 aromatic heterocycles. The van der Waals surface area contributed by atoms with Gasteiger partial charge >= 0.3 is 0 Å². The maximum Gasteiger partial charge on any atom is 0.110 e. The Morgan fingerprint density at radius 3 is 1.89 bits per heavy atom. The van der Waals surface area contributed by atoms with Gasteiger partial charge in [0.15, 0.2) is 0 Å². The molecular formula is C4Br2Cl2S. The lowest BCUT2D eigenvalue weighted by atomic mass is 10.7. The zero-order valence-electron chi connectivity index (χ0n) is 3.92. The number of halogens is 4. The summed E-state index contributed by atoms with van der Waals surface area (Å²) in [5, 5.41) is 0.644. The van der Waals surface area contributed by atoms with Crippen LogP contribution in [0.1, 0.15) is 0 Å². The molecule has 0 amide bonds. The maximum absolute atomic E-state index is 5.73. The molecule has 0 saturated heterocycles. The van der Waals surface area contributed by atoms with E-state index in [4.69, 9.17) is 23.2 Å². The minimum absolute atomic E-state index is 0.644. The number of hydrogen-bond donors (Lipinski definition) is 0. The van der Waals surface area contributed by atoms with Gasteiger partial charge in [0.2, 0.25) is 0 Å². The SMILES string of the molecule is Clc1sc(Br)c(Cl)c1Br. The third kappa shape index (κ3) is 1.63. The van der Waals surface area contributed by atoms with E-state index in [0.29, 0.717) is 9.36 Å². The van der Waals surface area contributed by atoms with E-state index in [9.17, 15) is 0 Å². The number of rotatable bonds is 0. The third-order valence-corrected chi connectivity index (χ3v) is 5.02. The first-order valence-corrected chi connectivity index (χ1v) is 5.07. The van der Waals surface area contributed by atoms with Crippen LogP contribution in [0.5, 0.6) is 0 Å². The summed E-state index contributed by atoms with van der Waals surface area (Å²) in [5.41, 5.74) is 0. The Bertz CT molecular complexity index is 210. The second-order valence-corrected chi connectivity index (χ2v) is 5.39. The number of thiophene rings is 1. The van der Waals surface area contributed by atoms with E-state index in [1.807, 2.05) is 0 Å². The first kappa shape index (κ1) is 8.34. The first-order valence-electron chi connectivity index (χ1n) is 1.91. The molecule has 0 bridgehead atoms. The van der Waals surface area contributed by atoms with Crippen LogP contribution in [0.3, 0.4) is 0 Å². The average Bonchev–Trinajstić information content (AvgIpc) is 1.98. The molecule has 1 aromatic rings. The molecule has 0 radical (unpaired) electrons. The second kappa shape index (κ2) is 3.09. The smallest absolute Gasteiger partial charge is 0.110 e. The van der Waals surface area contributed by atoms with E-state index in [1.54, 1.807) is 0 Å². The fourth-order valence-electron chi connectivity index (χ4n) is 0.341. The lowest BCUT2D eigenvalue weighted by Gasteiger charge is -1.81. The molecule has 0 atom stereocenters. The molecule has 0 unspecified atom stereocenters. The summed E-state index contributed by atoms with van der Waals surface area (Å²) >= 11 is 19.3. The Labute approximate surface area is 83.4 Å². The van der Waals surface area contributed by atoms with Crippen molar-refractivity contribution in [3.8, 4) is 0 Å². The van der Waals surface area contributed by atoms with Gasteiger partial charge in [0.1, 0.15) is 4.34 Å². The van der Waals surface area contributed by atoms with Gasteiger partial charge in [-0.2, -0.15) is 0 Å². The summed E-state index contributed by atoms with van der Waals surface area (Å²) in [7, 11) is 0. The van der Waals surface area contributed by atoms with Crippen molar-refractivity contribution in [2.24, 2.45) is 0 Å². The molecule has 9 heavy (non-hydrogen) atoms. The fraction of sp³-hybridized carbons (Fsp3) is 0. The molecule has 0 aliphatic carbocycles. The summed E-state index contributed by atoms with van der Waals surface area (Å²) in [6.07, 6.45) is 0. The van der Waals surface area contributed by atoms with Gasteiger partial charge in [-0.3, -0.25) is 0 Å². The largest absolute Gasteiger partial charge is 0.113 e. The van der Waals surface area contributed by atoms with Crippen LogP contribution in [0.15, 0.2) is 8.26 Å². The van der Waals surface area contributed by atoms with E-state index >= 15 is 0 Å². The van der Waals surface area contributed by atoms with E-state index in [-0.39, 0.29) is 0 Å². The molecule has 50 valence electrons. The minimum Gasteiger partial charge on any atom is -0.113 e. The van der Waals surface area contributed by atoms with E-state index in [0.717, 1.165) is 8.26 Å². The highest BCUT2D eigenvalue weighted by atomic mass is 79.9. The van der Waals surface area contributed by atoms with E-state index < -0.39 is 0 Å². The molecule has 0 nitrogen and oxygen atoms in total. The van der Waals surface area contributed by atoms with Crippen LogP contribution in [0.25, 0.3) is 0 Å². The third-order valence-electron chi connectivity index (χ3n) is 0.717. The Morgan fingerprint density at radius 1 is 1.22 bits per heavy atom. The highest BCUT2D eigenvalue weighted by molar-refractivity contribution is 9.11. The summed E-state index contributed by atoms with van der Waals surface area (Å²) in [4.78, 5) is 0. The van der Waals surface area contributed by atoms with Gasteiger partial charge in [0, 0.05) is 0 Å². The Kier molecular flexibility index (Phi) is 2.87. The minimum atomic E-state index is 0.644. The average molecular weight is 311 g/mol. The van der Waals surface area contributed by atoms with Gasteiger partial charge in [-0.25, -0.2) is 0 Å². The van der Waals surface area contributed by atoms with Crippen LogP contribution in [0.4, 0.5) is 0 Å². The molecule has 0 N–H and O–H groups in total. The predicted octanol–water partition coefficient (Wildman–Crippen LogP) is 4.58. The van der Waals surface area contributed by atoms with Gasteiger partial charge in [-0.05, 0) is 31.9 Å². The van der Waals surface area contributed by atoms with Crippen molar-refractivity contribution in [2.45, 2.75) is 0 Å². The standard InChI is InChI=1S/C4Br2Cl2S/c5-1-2(7)3(6)9-4(1)8. The van der Waals surface area contributed by atoms with Crippen molar-refractivity contribution < 1.29 is 0 Å². The van der Waals surface area contributed by atoms with Crippen molar-refractivity contribution in [3.05, 3.63) is 17.6 Å². The van der Waals surface area contributed by atoms with Crippen LogP contribution in [-0.4, -0.2) is 0 Å². The first-order chi connectivity index (χ1) is 4.13. The van der Waals surface area contributed by atoms with Crippen molar-refractivity contribution in [1.82, 2.24) is 0 Å². The summed E-state index contributed by atoms with van der Waals surface area (Å²) in [6.45, 7) is 0. The monoisotopic (exact) mass is 308 g/mol. The summed E-state index contributed by atoms with van der Waals surface area (Å²) in [6, 6.07) is 0. The van der Waals surface area contributed by atoms with Gasteiger partial charge in [-0.15, -0.1) is 11.3 Å². The molecule has 1 rings (SSSR count). The maximum atomic E-state index is 5.73. The van der Waals surface area contributed by atoms with E-state index in [2.05, 4.69) is 31.9 Å². The molecule has 0 aromatic carbocycles. The summed E-state index contributed by atoms with van der Waals surface area (Å²) < 4.78 is 2.30. The normalized spacial score (nSPS) is 10.2. The van der Waals surface area contributed by atoms with Crippen molar-refractivity contribution in [2.75, 3.05) is 0 Å². The van der Waals surface area contributed by atoms with E-state index in [1.165, 1.54) is 11.3 Å². The lowest BCUT2D eigenvalue weighted by molar-refractivity contribution is 1.85. The predicted molar refractivity (Wildman–Crippen MR) is 49.7 cm³/mol. The highest BCUT2D eigenvalue weighted by Gasteiger charge is 2.09. The van der Waals surface area contributed by atoms with Crippen LogP contribution in [0, 0.1) is 0 Å². The zero-order chi connectivity index (χ0) is 7.02. The van der Waals surface area contributed by atoms with Crippen molar-refractivity contribution >= 4 is 66.4 Å². The Balaban J connectivity index is 3.29. The van der Waals surface area contributed by atoms with Gasteiger partial charge in [0.25, 0.3) is 0 Å². The molecule has 0 fully saturated rings. The molecule has 0 aliphatic heterocycles. The summed E-state index contributed by atoms with van der Waals surface area (Å²) in [5.74, 6) is 0. The highest BCUT2D eigenvalue weighted by Crippen LogP contribution is 2.43. The van der Waals surface area contributed by atoms with Gasteiger partial charge < -0.3 is 0 Å².